The Kier molecular flexibility index (Phi) is 5.63. The molecule has 1 amide bonds. The Morgan fingerprint density at radius 2 is 1.80 bits per heavy atom. The molecule has 1 fully saturated rings. The van der Waals surface area contributed by atoms with E-state index in [0.29, 0.717) is 0 Å². The summed E-state index contributed by atoms with van der Waals surface area (Å²) in [5.74, 6) is 0.976. The molecule has 0 aromatic heterocycles. The van der Waals surface area contributed by atoms with Crippen LogP contribution < -0.4 is 5.32 Å². The topological polar surface area (TPSA) is 29.1 Å². The summed E-state index contributed by atoms with van der Waals surface area (Å²) < 4.78 is 0. The number of nitrogens with one attached hydrogen (secondary N) is 1. The molecule has 1 unspecified atom stereocenters. The van der Waals surface area contributed by atoms with E-state index in [-0.39, 0.29) is 17.9 Å². The minimum absolute atomic E-state index is 0.0487. The van der Waals surface area contributed by atoms with E-state index in [2.05, 4.69) is 29.6 Å². The van der Waals surface area contributed by atoms with Gasteiger partial charge in [0.05, 0.1) is 6.04 Å². The van der Waals surface area contributed by atoms with Crippen molar-refractivity contribution in [1.82, 2.24) is 5.32 Å². The summed E-state index contributed by atoms with van der Waals surface area (Å²) in [7, 11) is 0. The van der Waals surface area contributed by atoms with Crippen LogP contribution in [-0.2, 0) is 4.79 Å². The summed E-state index contributed by atoms with van der Waals surface area (Å²) in [6.45, 7) is 3.91. The first-order valence-corrected chi connectivity index (χ1v) is 8.02. The van der Waals surface area contributed by atoms with Gasteiger partial charge in [-0.3, -0.25) is 4.79 Å². The average molecular weight is 273 g/mol. The molecular weight excluding hydrogens is 246 g/mol. The standard InChI is InChI=1S/C18H27NO/c1-14(2)18(20)19-17(16-11-7-4-8-12-16)13-15-9-5-3-6-10-15/h4,7-8,11-12,14-15,17H,3,5-6,9-10,13H2,1-2H3,(H,19,20). The van der Waals surface area contributed by atoms with Gasteiger partial charge in [0, 0.05) is 5.92 Å². The van der Waals surface area contributed by atoms with Gasteiger partial charge in [-0.15, -0.1) is 0 Å². The molecule has 1 atom stereocenters. The number of amides is 1. The fourth-order valence-corrected chi connectivity index (χ4v) is 3.06. The van der Waals surface area contributed by atoms with Crippen molar-refractivity contribution < 1.29 is 4.79 Å². The van der Waals surface area contributed by atoms with Crippen molar-refractivity contribution >= 4 is 5.91 Å². The molecule has 0 aliphatic heterocycles. The highest BCUT2D eigenvalue weighted by Crippen LogP contribution is 2.32. The van der Waals surface area contributed by atoms with Crippen molar-refractivity contribution in [3.8, 4) is 0 Å². The zero-order valence-electron chi connectivity index (χ0n) is 12.8. The lowest BCUT2D eigenvalue weighted by Gasteiger charge is -2.28. The van der Waals surface area contributed by atoms with E-state index in [4.69, 9.17) is 0 Å². The van der Waals surface area contributed by atoms with Crippen LogP contribution in [0, 0.1) is 11.8 Å². The second-order valence-electron chi connectivity index (χ2n) is 6.37. The lowest BCUT2D eigenvalue weighted by Crippen LogP contribution is -2.33. The van der Waals surface area contributed by atoms with Crippen LogP contribution in [0.5, 0.6) is 0 Å². The monoisotopic (exact) mass is 273 g/mol. The zero-order valence-corrected chi connectivity index (χ0v) is 12.8. The van der Waals surface area contributed by atoms with Crippen molar-refractivity contribution in [2.75, 3.05) is 0 Å². The molecule has 2 heteroatoms. The van der Waals surface area contributed by atoms with Gasteiger partial charge < -0.3 is 5.32 Å². The van der Waals surface area contributed by atoms with Gasteiger partial charge >= 0.3 is 0 Å². The fraction of sp³-hybridized carbons (Fsp3) is 0.611. The highest BCUT2D eigenvalue weighted by atomic mass is 16.1. The summed E-state index contributed by atoms with van der Waals surface area (Å²) in [5.41, 5.74) is 1.24. The van der Waals surface area contributed by atoms with Gasteiger partial charge in [-0.05, 0) is 17.9 Å². The minimum Gasteiger partial charge on any atom is -0.349 e. The lowest BCUT2D eigenvalue weighted by molar-refractivity contribution is -0.124. The smallest absolute Gasteiger partial charge is 0.223 e. The van der Waals surface area contributed by atoms with E-state index in [1.807, 2.05) is 19.9 Å². The summed E-state index contributed by atoms with van der Waals surface area (Å²) in [6.07, 6.45) is 7.81. The van der Waals surface area contributed by atoms with Crippen LogP contribution in [0.15, 0.2) is 30.3 Å². The molecule has 20 heavy (non-hydrogen) atoms. The van der Waals surface area contributed by atoms with E-state index in [1.165, 1.54) is 37.7 Å². The highest BCUT2D eigenvalue weighted by Gasteiger charge is 2.22. The molecule has 110 valence electrons. The fourth-order valence-electron chi connectivity index (χ4n) is 3.06. The lowest BCUT2D eigenvalue weighted by atomic mass is 9.83. The molecule has 1 N–H and O–H groups in total. The Bertz CT molecular complexity index is 407. The van der Waals surface area contributed by atoms with Crippen molar-refractivity contribution in [3.63, 3.8) is 0 Å². The molecule has 2 nitrogen and oxygen atoms in total. The second-order valence-corrected chi connectivity index (χ2v) is 6.37. The van der Waals surface area contributed by atoms with Crippen LogP contribution >= 0.6 is 0 Å². The predicted molar refractivity (Wildman–Crippen MR) is 83.4 cm³/mol. The summed E-state index contributed by atoms with van der Waals surface area (Å²) >= 11 is 0. The Morgan fingerprint density at radius 1 is 1.15 bits per heavy atom. The van der Waals surface area contributed by atoms with Crippen molar-refractivity contribution in [2.24, 2.45) is 11.8 Å². The maximum atomic E-state index is 12.1. The maximum Gasteiger partial charge on any atom is 0.223 e. The normalized spacial score (nSPS) is 17.9. The predicted octanol–water partition coefficient (Wildman–Crippen LogP) is 4.47. The molecule has 0 bridgehead atoms. The molecule has 1 aliphatic rings. The van der Waals surface area contributed by atoms with Crippen LogP contribution in [0.3, 0.4) is 0 Å². The third kappa shape index (κ3) is 4.36. The van der Waals surface area contributed by atoms with Crippen LogP contribution in [-0.4, -0.2) is 5.91 Å². The quantitative estimate of drug-likeness (QED) is 0.842. The number of rotatable bonds is 5. The van der Waals surface area contributed by atoms with Gasteiger partial charge in [-0.25, -0.2) is 0 Å². The van der Waals surface area contributed by atoms with Crippen molar-refractivity contribution in [3.05, 3.63) is 35.9 Å². The molecule has 1 aromatic rings. The molecule has 1 aromatic carbocycles. The largest absolute Gasteiger partial charge is 0.349 e. The molecular formula is C18H27NO. The molecule has 0 spiro atoms. The van der Waals surface area contributed by atoms with Crippen molar-refractivity contribution in [1.29, 1.82) is 0 Å². The van der Waals surface area contributed by atoms with Crippen LogP contribution in [0.25, 0.3) is 0 Å². The molecule has 0 saturated heterocycles. The summed E-state index contributed by atoms with van der Waals surface area (Å²) in [5, 5.41) is 3.24. The van der Waals surface area contributed by atoms with Gasteiger partial charge in [0.25, 0.3) is 0 Å². The van der Waals surface area contributed by atoms with Gasteiger partial charge in [-0.1, -0.05) is 76.3 Å². The van der Waals surface area contributed by atoms with E-state index in [9.17, 15) is 4.79 Å². The number of carbonyl (C=O) groups is 1. The first-order valence-electron chi connectivity index (χ1n) is 8.02. The van der Waals surface area contributed by atoms with E-state index in [0.717, 1.165) is 12.3 Å². The van der Waals surface area contributed by atoms with E-state index >= 15 is 0 Å². The molecule has 0 heterocycles. The molecule has 1 saturated carbocycles. The number of hydrogen-bond acceptors (Lipinski definition) is 1. The Labute approximate surface area is 123 Å². The third-order valence-corrected chi connectivity index (χ3v) is 4.34. The number of benzene rings is 1. The Hall–Kier alpha value is -1.31. The zero-order chi connectivity index (χ0) is 14.4. The second kappa shape index (κ2) is 7.47. The van der Waals surface area contributed by atoms with Crippen molar-refractivity contribution in [2.45, 2.75) is 58.4 Å². The van der Waals surface area contributed by atoms with E-state index in [1.54, 1.807) is 0 Å². The molecule has 0 radical (unpaired) electrons. The number of hydrogen-bond donors (Lipinski definition) is 1. The van der Waals surface area contributed by atoms with Gasteiger partial charge in [0.15, 0.2) is 0 Å². The van der Waals surface area contributed by atoms with Gasteiger partial charge in [-0.2, -0.15) is 0 Å². The molecule has 2 rings (SSSR count). The Morgan fingerprint density at radius 3 is 2.40 bits per heavy atom. The first kappa shape index (κ1) is 15.1. The Balaban J connectivity index is 2.05. The minimum atomic E-state index is 0.0487. The SMILES string of the molecule is CC(C)C(=O)NC(CC1CCCCC1)c1ccccc1. The van der Waals surface area contributed by atoms with Crippen LogP contribution in [0.1, 0.15) is 64.0 Å². The summed E-state index contributed by atoms with van der Waals surface area (Å²) in [4.78, 5) is 12.1. The van der Waals surface area contributed by atoms with Gasteiger partial charge in [0.1, 0.15) is 0 Å². The van der Waals surface area contributed by atoms with Crippen LogP contribution in [0.2, 0.25) is 0 Å². The van der Waals surface area contributed by atoms with Crippen LogP contribution in [0.4, 0.5) is 0 Å². The third-order valence-electron chi connectivity index (χ3n) is 4.34. The van der Waals surface area contributed by atoms with E-state index < -0.39 is 0 Å². The summed E-state index contributed by atoms with van der Waals surface area (Å²) in [6, 6.07) is 10.6. The number of carbonyl (C=O) groups excluding carboxylic acids is 1. The molecule has 1 aliphatic carbocycles. The van der Waals surface area contributed by atoms with Gasteiger partial charge in [0.2, 0.25) is 5.91 Å². The first-order chi connectivity index (χ1) is 9.66. The average Bonchev–Trinajstić information content (AvgIpc) is 2.48. The maximum absolute atomic E-state index is 12.1. The highest BCUT2D eigenvalue weighted by molar-refractivity contribution is 5.78.